The quantitative estimate of drug-likeness (QED) is 0.561. The average molecular weight is 460 g/mol. The number of carbonyl (C=O) groups is 2. The van der Waals surface area contributed by atoms with Crippen LogP contribution in [0, 0.1) is 5.92 Å². The normalized spacial score (nSPS) is 16.3. The third-order valence-corrected chi connectivity index (χ3v) is 6.77. The van der Waals surface area contributed by atoms with Crippen LogP contribution in [0.1, 0.15) is 37.8 Å². The van der Waals surface area contributed by atoms with Gasteiger partial charge in [-0.2, -0.15) is 5.10 Å². The summed E-state index contributed by atoms with van der Waals surface area (Å²) in [5.41, 5.74) is 2.17. The molecule has 0 radical (unpaired) electrons. The molecule has 4 rings (SSSR count). The first-order chi connectivity index (χ1) is 16.5. The maximum absolute atomic E-state index is 13.6. The minimum absolute atomic E-state index is 0.0136. The molecule has 1 aliphatic rings. The van der Waals surface area contributed by atoms with Crippen LogP contribution in [0.2, 0.25) is 0 Å². The fourth-order valence-corrected chi connectivity index (χ4v) is 4.72. The van der Waals surface area contributed by atoms with Gasteiger partial charge in [0.15, 0.2) is 0 Å². The molecule has 34 heavy (non-hydrogen) atoms. The van der Waals surface area contributed by atoms with Gasteiger partial charge in [0.05, 0.1) is 6.54 Å². The van der Waals surface area contributed by atoms with Gasteiger partial charge in [-0.1, -0.05) is 74.5 Å². The van der Waals surface area contributed by atoms with E-state index in [1.54, 1.807) is 12.7 Å². The topological polar surface area (TPSA) is 80.1 Å². The van der Waals surface area contributed by atoms with E-state index in [1.807, 2.05) is 59.8 Å². The van der Waals surface area contributed by atoms with Crippen LogP contribution in [0.25, 0.3) is 0 Å². The summed E-state index contributed by atoms with van der Waals surface area (Å²) in [6.45, 7) is 5.67. The molecule has 1 N–H and O–H groups in total. The van der Waals surface area contributed by atoms with Crippen molar-refractivity contribution in [1.29, 1.82) is 0 Å². The second-order valence-electron chi connectivity index (χ2n) is 9.47. The first-order valence-corrected chi connectivity index (χ1v) is 12.0. The monoisotopic (exact) mass is 459 g/mol. The van der Waals surface area contributed by atoms with Crippen molar-refractivity contribution < 1.29 is 9.59 Å². The molecule has 0 bridgehead atoms. The number of nitrogens with one attached hydrogen (secondary N) is 1. The molecule has 2 aromatic carbocycles. The number of likely N-dealkylation sites (tertiary alicyclic amines) is 1. The molecule has 2 heterocycles. The number of rotatable bonds is 8. The fourth-order valence-electron chi connectivity index (χ4n) is 4.72. The Morgan fingerprint density at radius 2 is 1.65 bits per heavy atom. The molecule has 7 nitrogen and oxygen atoms in total. The summed E-state index contributed by atoms with van der Waals surface area (Å²) in [5.74, 6) is -0.294. The lowest BCUT2D eigenvalue weighted by molar-refractivity contribution is -0.138. The molecule has 178 valence electrons. The second kappa shape index (κ2) is 10.6. The molecular formula is C27H33N5O2. The molecule has 1 aromatic heterocycles. The summed E-state index contributed by atoms with van der Waals surface area (Å²) in [6.07, 6.45) is 5.43. The van der Waals surface area contributed by atoms with Crippen molar-refractivity contribution in [3.05, 3.63) is 84.4 Å². The molecular weight excluding hydrogens is 426 g/mol. The highest BCUT2D eigenvalue weighted by Gasteiger charge is 2.39. The Morgan fingerprint density at radius 3 is 2.24 bits per heavy atom. The highest BCUT2D eigenvalue weighted by Crippen LogP contribution is 2.37. The van der Waals surface area contributed by atoms with E-state index in [9.17, 15) is 9.59 Å². The summed E-state index contributed by atoms with van der Waals surface area (Å²) in [5, 5.41) is 7.34. The zero-order chi connectivity index (χ0) is 24.0. The van der Waals surface area contributed by atoms with E-state index in [0.717, 1.165) is 24.9 Å². The average Bonchev–Trinajstić information content (AvgIpc) is 3.37. The predicted molar refractivity (Wildman–Crippen MR) is 131 cm³/mol. The van der Waals surface area contributed by atoms with Gasteiger partial charge in [0.2, 0.25) is 11.8 Å². The van der Waals surface area contributed by atoms with Gasteiger partial charge >= 0.3 is 0 Å². The van der Waals surface area contributed by atoms with Gasteiger partial charge in [0.25, 0.3) is 0 Å². The Hall–Kier alpha value is -3.48. The third kappa shape index (κ3) is 5.53. The zero-order valence-electron chi connectivity index (χ0n) is 19.9. The summed E-state index contributed by atoms with van der Waals surface area (Å²) in [7, 11) is 0. The molecule has 7 heteroatoms. The lowest BCUT2D eigenvalue weighted by Gasteiger charge is -2.43. The second-order valence-corrected chi connectivity index (χ2v) is 9.47. The Morgan fingerprint density at radius 1 is 1.00 bits per heavy atom. The Balaban J connectivity index is 1.51. The minimum atomic E-state index is -0.572. The predicted octanol–water partition coefficient (Wildman–Crippen LogP) is 3.22. The van der Waals surface area contributed by atoms with Crippen LogP contribution in [0.3, 0.4) is 0 Å². The number of aromatic nitrogens is 3. The van der Waals surface area contributed by atoms with Crippen LogP contribution < -0.4 is 5.32 Å². The van der Waals surface area contributed by atoms with Gasteiger partial charge < -0.3 is 10.2 Å². The number of hydrogen-bond donors (Lipinski definition) is 1. The number of nitrogens with zero attached hydrogens (tertiary/aromatic N) is 4. The van der Waals surface area contributed by atoms with Gasteiger partial charge in [0, 0.05) is 30.8 Å². The molecule has 0 spiro atoms. The van der Waals surface area contributed by atoms with Crippen molar-refractivity contribution in [3.63, 3.8) is 0 Å². The highest BCUT2D eigenvalue weighted by molar-refractivity contribution is 5.88. The van der Waals surface area contributed by atoms with E-state index in [4.69, 9.17) is 0 Å². The largest absolute Gasteiger partial charge is 0.344 e. The summed E-state index contributed by atoms with van der Waals surface area (Å²) < 4.78 is 1.88. The molecule has 0 unspecified atom stereocenters. The number of benzene rings is 2. The molecule has 1 aliphatic heterocycles. The number of piperidine rings is 1. The summed E-state index contributed by atoms with van der Waals surface area (Å²) in [6, 6.07) is 19.8. The lowest BCUT2D eigenvalue weighted by Crippen LogP contribution is -2.54. The van der Waals surface area contributed by atoms with Gasteiger partial charge in [0.1, 0.15) is 18.7 Å². The first kappa shape index (κ1) is 23.7. The maximum atomic E-state index is 13.6. The van der Waals surface area contributed by atoms with Crippen molar-refractivity contribution in [2.75, 3.05) is 13.1 Å². The van der Waals surface area contributed by atoms with E-state index in [0.29, 0.717) is 19.5 Å². The van der Waals surface area contributed by atoms with Crippen molar-refractivity contribution in [2.24, 2.45) is 5.92 Å². The Labute approximate surface area is 201 Å². The van der Waals surface area contributed by atoms with Crippen LogP contribution in [0.4, 0.5) is 0 Å². The number of hydrogen-bond acceptors (Lipinski definition) is 4. The number of amides is 2. The SMILES string of the molecule is CC(C)C(=O)N[C@@H](Cc1ccccc1)C(=O)N1CCC(Cn2cncn2)(c2ccccc2)CC1. The first-order valence-electron chi connectivity index (χ1n) is 12.0. The standard InChI is InChI=1S/C27H33N5O2/c1-21(2)25(33)30-24(17-22-9-5-3-6-10-22)26(34)31-15-13-27(14-16-31,18-32-20-28-19-29-32)23-11-7-4-8-12-23/h3-12,19-21,24H,13-18H2,1-2H3,(H,30,33)/t24-/m0/s1. The molecule has 1 atom stereocenters. The van der Waals surface area contributed by atoms with E-state index < -0.39 is 6.04 Å². The number of carbonyl (C=O) groups excluding carboxylic acids is 2. The van der Waals surface area contributed by atoms with Crippen LogP contribution in [0.5, 0.6) is 0 Å². The van der Waals surface area contributed by atoms with Crippen molar-refractivity contribution >= 4 is 11.8 Å². The molecule has 1 saturated heterocycles. The summed E-state index contributed by atoms with van der Waals surface area (Å²) in [4.78, 5) is 32.1. The Kier molecular flexibility index (Phi) is 7.40. The van der Waals surface area contributed by atoms with E-state index in [1.165, 1.54) is 5.56 Å². The van der Waals surface area contributed by atoms with Gasteiger partial charge in [-0.05, 0) is 24.0 Å². The third-order valence-electron chi connectivity index (χ3n) is 6.77. The van der Waals surface area contributed by atoms with Gasteiger partial charge in [-0.3, -0.25) is 14.3 Å². The fraction of sp³-hybridized carbons (Fsp3) is 0.407. The molecule has 0 aliphatic carbocycles. The highest BCUT2D eigenvalue weighted by atomic mass is 16.2. The van der Waals surface area contributed by atoms with Crippen LogP contribution in [-0.4, -0.2) is 50.6 Å². The zero-order valence-corrected chi connectivity index (χ0v) is 19.9. The maximum Gasteiger partial charge on any atom is 0.245 e. The molecule has 3 aromatic rings. The van der Waals surface area contributed by atoms with Crippen LogP contribution >= 0.6 is 0 Å². The van der Waals surface area contributed by atoms with E-state index in [-0.39, 0.29) is 23.1 Å². The van der Waals surface area contributed by atoms with Crippen molar-refractivity contribution in [2.45, 2.75) is 51.1 Å². The smallest absolute Gasteiger partial charge is 0.245 e. The van der Waals surface area contributed by atoms with Crippen LogP contribution in [0.15, 0.2) is 73.3 Å². The molecule has 2 amide bonds. The lowest BCUT2D eigenvalue weighted by atomic mass is 9.72. The Bertz CT molecular complexity index is 1060. The van der Waals surface area contributed by atoms with Gasteiger partial charge in [-0.25, -0.2) is 4.98 Å². The van der Waals surface area contributed by atoms with Crippen molar-refractivity contribution in [3.8, 4) is 0 Å². The summed E-state index contributed by atoms with van der Waals surface area (Å²) >= 11 is 0. The van der Waals surface area contributed by atoms with E-state index >= 15 is 0 Å². The van der Waals surface area contributed by atoms with E-state index in [2.05, 4.69) is 39.7 Å². The molecule has 0 saturated carbocycles. The van der Waals surface area contributed by atoms with Crippen LogP contribution in [-0.2, 0) is 28.0 Å². The molecule has 1 fully saturated rings. The van der Waals surface area contributed by atoms with Crippen molar-refractivity contribution in [1.82, 2.24) is 25.0 Å². The van der Waals surface area contributed by atoms with Gasteiger partial charge in [-0.15, -0.1) is 0 Å². The minimum Gasteiger partial charge on any atom is -0.344 e.